The number of amides is 1. The van der Waals surface area contributed by atoms with E-state index in [9.17, 15) is 9.90 Å². The monoisotopic (exact) mass is 343 g/mol. The van der Waals surface area contributed by atoms with Crippen LogP contribution in [-0.4, -0.2) is 51.7 Å². The topological polar surface area (TPSA) is 76.8 Å². The second kappa shape index (κ2) is 6.07. The fourth-order valence-electron chi connectivity index (χ4n) is 3.63. The van der Waals surface area contributed by atoms with E-state index in [2.05, 4.69) is 5.10 Å². The second-order valence-electron chi connectivity index (χ2n) is 6.63. The first-order chi connectivity index (χ1) is 12.0. The summed E-state index contributed by atoms with van der Waals surface area (Å²) in [5.41, 5.74) is 2.32. The summed E-state index contributed by atoms with van der Waals surface area (Å²) in [5.74, 6) is 1.36. The molecule has 7 heteroatoms. The van der Waals surface area contributed by atoms with Crippen LogP contribution in [0.15, 0.2) is 24.4 Å². The Morgan fingerprint density at radius 1 is 1.32 bits per heavy atom. The number of benzene rings is 1. The zero-order chi connectivity index (χ0) is 17.6. The maximum atomic E-state index is 12.7. The molecule has 3 heterocycles. The van der Waals surface area contributed by atoms with E-state index in [1.807, 2.05) is 25.1 Å². The second-order valence-corrected chi connectivity index (χ2v) is 6.63. The summed E-state index contributed by atoms with van der Waals surface area (Å²) in [6.45, 7) is 2.97. The third kappa shape index (κ3) is 2.84. The van der Waals surface area contributed by atoms with Crippen LogP contribution >= 0.6 is 0 Å². The van der Waals surface area contributed by atoms with Gasteiger partial charge in [0.05, 0.1) is 17.4 Å². The van der Waals surface area contributed by atoms with Gasteiger partial charge in [0, 0.05) is 32.3 Å². The van der Waals surface area contributed by atoms with Gasteiger partial charge in [0.25, 0.3) is 5.91 Å². The molecule has 1 aromatic carbocycles. The lowest BCUT2D eigenvalue weighted by atomic mass is 9.86. The molecule has 25 heavy (non-hydrogen) atoms. The molecule has 0 saturated carbocycles. The number of hydrogen-bond acceptors (Lipinski definition) is 5. The normalized spacial score (nSPS) is 22.3. The van der Waals surface area contributed by atoms with Crippen LogP contribution in [0.3, 0.4) is 0 Å². The smallest absolute Gasteiger partial charge is 0.257 e. The third-order valence-corrected chi connectivity index (χ3v) is 4.94. The van der Waals surface area contributed by atoms with Crippen molar-refractivity contribution in [2.75, 3.05) is 19.9 Å². The standard InChI is InChI=1S/C18H21N3O4/c1-11-14(8-20(2)19-11)18(23)21-6-5-13(15(22)9-21)12-3-4-16-17(7-12)25-10-24-16/h3-4,7-8,13,15,22H,5-6,9-10H2,1-2H3/t13-,15+/m1/s1. The number of aliphatic hydroxyl groups is 1. The van der Waals surface area contributed by atoms with Gasteiger partial charge in [0.15, 0.2) is 11.5 Å². The summed E-state index contributed by atoms with van der Waals surface area (Å²) < 4.78 is 12.4. The highest BCUT2D eigenvalue weighted by atomic mass is 16.7. The predicted octanol–water partition coefficient (Wildman–Crippen LogP) is 1.45. The zero-order valence-electron chi connectivity index (χ0n) is 14.3. The minimum absolute atomic E-state index is 0.0199. The Morgan fingerprint density at radius 3 is 2.84 bits per heavy atom. The quantitative estimate of drug-likeness (QED) is 0.893. The van der Waals surface area contributed by atoms with Gasteiger partial charge in [-0.2, -0.15) is 5.10 Å². The number of hydrogen-bond donors (Lipinski definition) is 1. The van der Waals surface area contributed by atoms with Gasteiger partial charge in [0.2, 0.25) is 6.79 Å². The van der Waals surface area contributed by atoms with Gasteiger partial charge in [0.1, 0.15) is 0 Å². The molecule has 132 valence electrons. The van der Waals surface area contributed by atoms with Gasteiger partial charge in [-0.05, 0) is 31.0 Å². The molecule has 0 unspecified atom stereocenters. The minimum Gasteiger partial charge on any atom is -0.454 e. The molecule has 2 aromatic rings. The molecule has 1 aromatic heterocycles. The number of aryl methyl sites for hydroxylation is 2. The largest absolute Gasteiger partial charge is 0.454 e. The molecule has 7 nitrogen and oxygen atoms in total. The predicted molar refractivity (Wildman–Crippen MR) is 89.8 cm³/mol. The van der Waals surface area contributed by atoms with Crippen molar-refractivity contribution < 1.29 is 19.4 Å². The number of aliphatic hydroxyl groups excluding tert-OH is 1. The molecular weight excluding hydrogens is 322 g/mol. The van der Waals surface area contributed by atoms with Crippen LogP contribution in [0.2, 0.25) is 0 Å². The van der Waals surface area contributed by atoms with Crippen molar-refractivity contribution >= 4 is 5.91 Å². The number of carbonyl (C=O) groups is 1. The number of piperidine rings is 1. The first kappa shape index (κ1) is 16.0. The van der Waals surface area contributed by atoms with Crippen LogP contribution in [0.1, 0.15) is 34.0 Å². The Balaban J connectivity index is 1.49. The molecule has 2 atom stereocenters. The summed E-state index contributed by atoms with van der Waals surface area (Å²) >= 11 is 0. The fourth-order valence-corrected chi connectivity index (χ4v) is 3.63. The Kier molecular flexibility index (Phi) is 3.88. The van der Waals surface area contributed by atoms with E-state index in [1.54, 1.807) is 22.8 Å². The van der Waals surface area contributed by atoms with Crippen LogP contribution in [-0.2, 0) is 7.05 Å². The summed E-state index contributed by atoms with van der Waals surface area (Å²) in [7, 11) is 1.80. The van der Waals surface area contributed by atoms with Crippen molar-refractivity contribution in [1.82, 2.24) is 14.7 Å². The zero-order valence-corrected chi connectivity index (χ0v) is 14.3. The molecule has 0 spiro atoms. The Labute approximate surface area is 145 Å². The number of rotatable bonds is 2. The molecule has 0 radical (unpaired) electrons. The van der Waals surface area contributed by atoms with Crippen molar-refractivity contribution in [2.45, 2.75) is 25.4 Å². The Morgan fingerprint density at radius 2 is 2.12 bits per heavy atom. The van der Waals surface area contributed by atoms with Crippen molar-refractivity contribution in [1.29, 1.82) is 0 Å². The number of β-amino-alcohol motifs (C(OH)–C–C–N with tert-alkyl or cyclic N) is 1. The fraction of sp³-hybridized carbons (Fsp3) is 0.444. The maximum absolute atomic E-state index is 12.7. The average molecular weight is 343 g/mol. The Hall–Kier alpha value is -2.54. The van der Waals surface area contributed by atoms with E-state index in [-0.39, 0.29) is 18.6 Å². The van der Waals surface area contributed by atoms with Gasteiger partial charge in [-0.25, -0.2) is 0 Å². The molecule has 1 saturated heterocycles. The number of nitrogens with zero attached hydrogens (tertiary/aromatic N) is 3. The minimum atomic E-state index is -0.616. The average Bonchev–Trinajstić information content (AvgIpc) is 3.19. The summed E-state index contributed by atoms with van der Waals surface area (Å²) in [6, 6.07) is 5.77. The van der Waals surface area contributed by atoms with Crippen LogP contribution < -0.4 is 9.47 Å². The first-order valence-corrected chi connectivity index (χ1v) is 8.40. The lowest BCUT2D eigenvalue weighted by Crippen LogP contribution is -2.45. The molecule has 1 fully saturated rings. The third-order valence-electron chi connectivity index (χ3n) is 4.94. The highest BCUT2D eigenvalue weighted by molar-refractivity contribution is 5.95. The lowest BCUT2D eigenvalue weighted by Gasteiger charge is -2.36. The van der Waals surface area contributed by atoms with Crippen molar-refractivity contribution in [3.63, 3.8) is 0 Å². The molecule has 2 aliphatic heterocycles. The molecule has 1 N–H and O–H groups in total. The van der Waals surface area contributed by atoms with Crippen LogP contribution in [0.5, 0.6) is 11.5 Å². The number of aromatic nitrogens is 2. The molecular formula is C18H21N3O4. The van der Waals surface area contributed by atoms with Crippen molar-refractivity contribution in [3.05, 3.63) is 41.2 Å². The van der Waals surface area contributed by atoms with E-state index < -0.39 is 6.10 Å². The number of fused-ring (bicyclic) bond motifs is 1. The molecule has 0 aliphatic carbocycles. The highest BCUT2D eigenvalue weighted by Gasteiger charge is 2.33. The number of carbonyl (C=O) groups excluding carboxylic acids is 1. The molecule has 2 aliphatic rings. The van der Waals surface area contributed by atoms with Crippen LogP contribution in [0, 0.1) is 6.92 Å². The van der Waals surface area contributed by atoms with E-state index in [0.29, 0.717) is 36.5 Å². The number of ether oxygens (including phenoxy) is 2. The van der Waals surface area contributed by atoms with E-state index in [1.165, 1.54) is 0 Å². The first-order valence-electron chi connectivity index (χ1n) is 8.40. The van der Waals surface area contributed by atoms with E-state index in [0.717, 1.165) is 11.3 Å². The summed E-state index contributed by atoms with van der Waals surface area (Å²) in [6.07, 6.45) is 1.81. The van der Waals surface area contributed by atoms with E-state index in [4.69, 9.17) is 9.47 Å². The molecule has 0 bridgehead atoms. The van der Waals surface area contributed by atoms with Crippen LogP contribution in [0.4, 0.5) is 0 Å². The molecule has 1 amide bonds. The SMILES string of the molecule is Cc1nn(C)cc1C(=O)N1CC[C@H](c2ccc3c(c2)OCO3)[C@@H](O)C1. The highest BCUT2D eigenvalue weighted by Crippen LogP contribution is 2.37. The van der Waals surface area contributed by atoms with Gasteiger partial charge >= 0.3 is 0 Å². The van der Waals surface area contributed by atoms with Crippen molar-refractivity contribution in [2.24, 2.45) is 7.05 Å². The summed E-state index contributed by atoms with van der Waals surface area (Å²) in [5, 5.41) is 14.8. The van der Waals surface area contributed by atoms with E-state index >= 15 is 0 Å². The maximum Gasteiger partial charge on any atom is 0.257 e. The van der Waals surface area contributed by atoms with Gasteiger partial charge in [-0.3, -0.25) is 9.48 Å². The van der Waals surface area contributed by atoms with Gasteiger partial charge in [-0.15, -0.1) is 0 Å². The van der Waals surface area contributed by atoms with Crippen LogP contribution in [0.25, 0.3) is 0 Å². The van der Waals surface area contributed by atoms with Gasteiger partial charge < -0.3 is 19.5 Å². The molecule has 4 rings (SSSR count). The lowest BCUT2D eigenvalue weighted by molar-refractivity contribution is 0.0381. The van der Waals surface area contributed by atoms with Crippen molar-refractivity contribution in [3.8, 4) is 11.5 Å². The summed E-state index contributed by atoms with van der Waals surface area (Å²) in [4.78, 5) is 14.4. The van der Waals surface area contributed by atoms with Gasteiger partial charge in [-0.1, -0.05) is 6.07 Å². The Bertz CT molecular complexity index is 817. The number of likely N-dealkylation sites (tertiary alicyclic amines) is 1.